The molecule has 0 radical (unpaired) electrons. The SMILES string of the molecule is COc1cccc(-c2cccc(C3(c4ccc(C)cc4)N=C(N)N(C)C3=O)c2)c1. The Hall–Kier alpha value is -3.60. The molecule has 0 spiro atoms. The lowest BCUT2D eigenvalue weighted by Gasteiger charge is -2.26. The fourth-order valence-corrected chi connectivity index (χ4v) is 3.71. The summed E-state index contributed by atoms with van der Waals surface area (Å²) in [6.07, 6.45) is 0. The summed E-state index contributed by atoms with van der Waals surface area (Å²) in [7, 11) is 3.30. The molecule has 146 valence electrons. The predicted octanol–water partition coefficient (Wildman–Crippen LogP) is 3.70. The van der Waals surface area contributed by atoms with Gasteiger partial charge in [-0.05, 0) is 47.4 Å². The summed E-state index contributed by atoms with van der Waals surface area (Å²) >= 11 is 0. The second kappa shape index (κ2) is 7.09. The van der Waals surface area contributed by atoms with Crippen molar-refractivity contribution in [1.29, 1.82) is 0 Å². The summed E-state index contributed by atoms with van der Waals surface area (Å²) in [6, 6.07) is 23.6. The van der Waals surface area contributed by atoms with E-state index < -0.39 is 5.54 Å². The van der Waals surface area contributed by atoms with E-state index >= 15 is 0 Å². The topological polar surface area (TPSA) is 67.9 Å². The molecule has 1 aliphatic rings. The smallest absolute Gasteiger partial charge is 0.266 e. The van der Waals surface area contributed by atoms with Crippen molar-refractivity contribution < 1.29 is 9.53 Å². The Morgan fingerprint density at radius 2 is 1.59 bits per heavy atom. The normalized spacial score (nSPS) is 18.7. The van der Waals surface area contributed by atoms with E-state index in [0.717, 1.165) is 33.6 Å². The highest BCUT2D eigenvalue weighted by Crippen LogP contribution is 2.40. The second-order valence-corrected chi connectivity index (χ2v) is 7.22. The standard InChI is InChI=1S/C24H23N3O2/c1-16-10-12-19(13-11-16)24(22(28)27(2)23(25)26-24)20-8-4-6-17(14-20)18-7-5-9-21(15-18)29-3/h4-15H,1-3H3,(H2,25,26). The molecule has 1 amide bonds. The minimum Gasteiger partial charge on any atom is -0.497 e. The Morgan fingerprint density at radius 3 is 2.21 bits per heavy atom. The molecule has 1 aliphatic heterocycles. The lowest BCUT2D eigenvalue weighted by atomic mass is 9.81. The first-order valence-electron chi connectivity index (χ1n) is 9.41. The van der Waals surface area contributed by atoms with Crippen LogP contribution in [-0.2, 0) is 10.3 Å². The number of hydrogen-bond donors (Lipinski definition) is 1. The van der Waals surface area contributed by atoms with Gasteiger partial charge in [-0.3, -0.25) is 9.69 Å². The zero-order valence-corrected chi connectivity index (χ0v) is 16.7. The third-order valence-electron chi connectivity index (χ3n) is 5.39. The molecule has 0 bridgehead atoms. The summed E-state index contributed by atoms with van der Waals surface area (Å²) in [5.74, 6) is 0.823. The predicted molar refractivity (Wildman–Crippen MR) is 115 cm³/mol. The van der Waals surface area contributed by atoms with Crippen molar-refractivity contribution >= 4 is 11.9 Å². The minimum atomic E-state index is -1.19. The molecule has 0 aromatic heterocycles. The van der Waals surface area contributed by atoms with Crippen LogP contribution in [0.25, 0.3) is 11.1 Å². The van der Waals surface area contributed by atoms with E-state index in [1.54, 1.807) is 14.2 Å². The van der Waals surface area contributed by atoms with Gasteiger partial charge in [0.05, 0.1) is 7.11 Å². The summed E-state index contributed by atoms with van der Waals surface area (Å²) in [5, 5.41) is 0. The molecule has 5 heteroatoms. The van der Waals surface area contributed by atoms with Crippen LogP contribution < -0.4 is 10.5 Å². The number of nitrogens with two attached hydrogens (primary N) is 1. The molecule has 3 aromatic carbocycles. The molecule has 0 aliphatic carbocycles. The van der Waals surface area contributed by atoms with Crippen molar-refractivity contribution in [3.63, 3.8) is 0 Å². The van der Waals surface area contributed by atoms with Gasteiger partial charge in [-0.15, -0.1) is 0 Å². The average Bonchev–Trinajstić information content (AvgIpc) is 2.99. The molecule has 4 rings (SSSR count). The number of guanidine groups is 1. The number of rotatable bonds is 4. The van der Waals surface area contributed by atoms with Crippen molar-refractivity contribution in [2.75, 3.05) is 14.2 Å². The summed E-state index contributed by atoms with van der Waals surface area (Å²) in [6.45, 7) is 2.01. The molecule has 5 nitrogen and oxygen atoms in total. The van der Waals surface area contributed by atoms with Crippen molar-refractivity contribution in [1.82, 2.24) is 4.90 Å². The minimum absolute atomic E-state index is 0.165. The largest absolute Gasteiger partial charge is 0.497 e. The first-order valence-corrected chi connectivity index (χ1v) is 9.41. The van der Waals surface area contributed by atoms with Gasteiger partial charge in [-0.25, -0.2) is 4.99 Å². The zero-order chi connectivity index (χ0) is 20.6. The monoisotopic (exact) mass is 385 g/mol. The maximum atomic E-state index is 13.4. The average molecular weight is 385 g/mol. The highest BCUT2D eigenvalue weighted by Gasteiger charge is 2.49. The molecular formula is C24H23N3O2. The van der Waals surface area contributed by atoms with Crippen LogP contribution in [0.4, 0.5) is 0 Å². The van der Waals surface area contributed by atoms with Crippen LogP contribution in [0.2, 0.25) is 0 Å². The Kier molecular flexibility index (Phi) is 4.59. The van der Waals surface area contributed by atoms with Gasteiger partial charge in [-0.1, -0.05) is 60.2 Å². The number of benzene rings is 3. The first kappa shape index (κ1) is 18.7. The van der Waals surface area contributed by atoms with Crippen LogP contribution >= 0.6 is 0 Å². The van der Waals surface area contributed by atoms with Gasteiger partial charge >= 0.3 is 0 Å². The number of aliphatic imine (C=N–C) groups is 1. The third kappa shape index (κ3) is 3.05. The van der Waals surface area contributed by atoms with Crippen LogP contribution in [0.5, 0.6) is 5.75 Å². The van der Waals surface area contributed by atoms with Gasteiger partial charge in [-0.2, -0.15) is 0 Å². The number of likely N-dealkylation sites (N-methyl/N-ethyl adjacent to an activating group) is 1. The number of ether oxygens (including phenoxy) is 1. The van der Waals surface area contributed by atoms with Crippen LogP contribution in [0, 0.1) is 6.92 Å². The number of carbonyl (C=O) groups is 1. The number of amides is 1. The van der Waals surface area contributed by atoms with E-state index in [-0.39, 0.29) is 11.9 Å². The maximum Gasteiger partial charge on any atom is 0.266 e. The van der Waals surface area contributed by atoms with E-state index in [1.807, 2.05) is 79.7 Å². The molecule has 0 saturated carbocycles. The van der Waals surface area contributed by atoms with Gasteiger partial charge in [0.15, 0.2) is 11.5 Å². The van der Waals surface area contributed by atoms with Crippen molar-refractivity contribution in [2.45, 2.75) is 12.5 Å². The molecule has 0 fully saturated rings. The fraction of sp³-hybridized carbons (Fsp3) is 0.167. The third-order valence-corrected chi connectivity index (χ3v) is 5.39. The lowest BCUT2D eigenvalue weighted by molar-refractivity contribution is -0.129. The number of aryl methyl sites for hydroxylation is 1. The molecule has 1 atom stereocenters. The molecule has 2 N–H and O–H groups in total. The lowest BCUT2D eigenvalue weighted by Crippen LogP contribution is -2.41. The van der Waals surface area contributed by atoms with E-state index in [4.69, 9.17) is 10.5 Å². The van der Waals surface area contributed by atoms with Crippen molar-refractivity contribution in [2.24, 2.45) is 10.7 Å². The highest BCUT2D eigenvalue weighted by molar-refractivity contribution is 6.09. The van der Waals surface area contributed by atoms with Gasteiger partial charge < -0.3 is 10.5 Å². The number of carbonyl (C=O) groups excluding carboxylic acids is 1. The van der Waals surface area contributed by atoms with E-state index in [0.29, 0.717) is 0 Å². The van der Waals surface area contributed by atoms with Crippen LogP contribution in [0.1, 0.15) is 16.7 Å². The first-order chi connectivity index (χ1) is 14.0. The summed E-state index contributed by atoms with van der Waals surface area (Å²) in [5.41, 5.74) is 9.55. The highest BCUT2D eigenvalue weighted by atomic mass is 16.5. The Balaban J connectivity index is 1.91. The Labute approximate surface area is 170 Å². The Morgan fingerprint density at radius 1 is 0.931 bits per heavy atom. The Bertz CT molecular complexity index is 1110. The quantitative estimate of drug-likeness (QED) is 0.745. The van der Waals surface area contributed by atoms with Gasteiger partial charge in [0.25, 0.3) is 5.91 Å². The molecule has 0 saturated heterocycles. The summed E-state index contributed by atoms with van der Waals surface area (Å²) < 4.78 is 5.35. The number of methoxy groups -OCH3 is 1. The number of nitrogens with zero attached hydrogens (tertiary/aromatic N) is 2. The second-order valence-electron chi connectivity index (χ2n) is 7.22. The van der Waals surface area contributed by atoms with Crippen LogP contribution in [-0.4, -0.2) is 30.9 Å². The van der Waals surface area contributed by atoms with Gasteiger partial charge in [0.1, 0.15) is 5.75 Å². The van der Waals surface area contributed by atoms with Crippen molar-refractivity contribution in [3.05, 3.63) is 89.5 Å². The molecule has 1 unspecified atom stereocenters. The molecular weight excluding hydrogens is 362 g/mol. The summed E-state index contributed by atoms with van der Waals surface area (Å²) in [4.78, 5) is 19.5. The zero-order valence-electron chi connectivity index (χ0n) is 16.7. The molecule has 29 heavy (non-hydrogen) atoms. The van der Waals surface area contributed by atoms with Crippen molar-refractivity contribution in [3.8, 4) is 16.9 Å². The molecule has 1 heterocycles. The van der Waals surface area contributed by atoms with Gasteiger partial charge in [0, 0.05) is 7.05 Å². The number of hydrogen-bond acceptors (Lipinski definition) is 4. The van der Waals surface area contributed by atoms with Gasteiger partial charge in [0.2, 0.25) is 0 Å². The van der Waals surface area contributed by atoms with E-state index in [9.17, 15) is 4.79 Å². The van der Waals surface area contributed by atoms with E-state index in [2.05, 4.69) is 4.99 Å². The van der Waals surface area contributed by atoms with Crippen LogP contribution in [0.3, 0.4) is 0 Å². The van der Waals surface area contributed by atoms with E-state index in [1.165, 1.54) is 4.90 Å². The maximum absolute atomic E-state index is 13.4. The molecule has 3 aromatic rings. The fourth-order valence-electron chi connectivity index (χ4n) is 3.71. The van der Waals surface area contributed by atoms with Crippen LogP contribution in [0.15, 0.2) is 77.8 Å².